The van der Waals surface area contributed by atoms with E-state index in [9.17, 15) is 13.2 Å². The molecule has 3 rings (SSSR count). The first-order valence-electron chi connectivity index (χ1n) is 9.38. The molecule has 2 aliphatic heterocycles. The smallest absolute Gasteiger partial charge is 0.230 e. The third kappa shape index (κ3) is 4.28. The lowest BCUT2D eigenvalue weighted by atomic mass is 9.80. The number of rotatable bonds is 8. The van der Waals surface area contributed by atoms with E-state index < -0.39 is 15.4 Å². The maximum atomic E-state index is 12.9. The quantitative estimate of drug-likeness (QED) is 0.710. The molecule has 150 valence electrons. The van der Waals surface area contributed by atoms with Crippen molar-refractivity contribution in [1.82, 2.24) is 9.62 Å². The number of amides is 1. The Balaban J connectivity index is 1.61. The minimum Gasteiger partial charge on any atom is -0.493 e. The highest BCUT2D eigenvalue weighted by Gasteiger charge is 2.57. The molecule has 1 aromatic carbocycles. The fraction of sp³-hybridized carbons (Fsp3) is 0.632. The summed E-state index contributed by atoms with van der Waals surface area (Å²) in [7, 11) is -3.31. The Morgan fingerprint density at radius 3 is 2.93 bits per heavy atom. The van der Waals surface area contributed by atoms with E-state index in [0.29, 0.717) is 32.7 Å². The molecule has 1 N–H and O–H groups in total. The van der Waals surface area contributed by atoms with Crippen molar-refractivity contribution in [2.45, 2.75) is 19.8 Å². The van der Waals surface area contributed by atoms with Crippen LogP contribution in [0.25, 0.3) is 0 Å². The topological polar surface area (TPSA) is 84.9 Å². The molecule has 0 bridgehead atoms. The van der Waals surface area contributed by atoms with Crippen molar-refractivity contribution >= 4 is 15.9 Å². The molecule has 2 aliphatic rings. The summed E-state index contributed by atoms with van der Waals surface area (Å²) in [5, 5.41) is 2.99. The number of nitrogens with zero attached hydrogens (tertiary/aromatic N) is 1. The van der Waals surface area contributed by atoms with Crippen LogP contribution in [0.2, 0.25) is 0 Å². The first-order chi connectivity index (χ1) is 12.9. The standard InChI is InChI=1S/C19H28N2O5S/c1-3-10-26-17-7-5-4-6-15(17)8-9-20-18(22)19-13-21(27(2,23)24)11-16(19)12-25-14-19/h4-7,16H,3,8-14H2,1-2H3,(H,20,22)/t16-,19-/m1/s1. The predicted octanol–water partition coefficient (Wildman–Crippen LogP) is 1.04. The molecule has 2 heterocycles. The third-order valence-corrected chi connectivity index (χ3v) is 6.59. The van der Waals surface area contributed by atoms with Gasteiger partial charge in [-0.2, -0.15) is 0 Å². The van der Waals surface area contributed by atoms with Crippen molar-refractivity contribution in [1.29, 1.82) is 0 Å². The molecule has 2 fully saturated rings. The number of fused-ring (bicyclic) bond motifs is 1. The van der Waals surface area contributed by atoms with Gasteiger partial charge in [0.05, 0.1) is 31.5 Å². The van der Waals surface area contributed by atoms with E-state index in [1.165, 1.54) is 10.6 Å². The van der Waals surface area contributed by atoms with Crippen molar-refractivity contribution in [3.8, 4) is 5.75 Å². The molecule has 2 atom stereocenters. The zero-order valence-electron chi connectivity index (χ0n) is 15.9. The minimum absolute atomic E-state index is 0.0904. The molecule has 1 amide bonds. The van der Waals surface area contributed by atoms with Gasteiger partial charge in [-0.15, -0.1) is 0 Å². The van der Waals surface area contributed by atoms with Gasteiger partial charge in [0.1, 0.15) is 5.75 Å². The van der Waals surface area contributed by atoms with Gasteiger partial charge in [-0.1, -0.05) is 25.1 Å². The van der Waals surface area contributed by atoms with Crippen molar-refractivity contribution in [3.05, 3.63) is 29.8 Å². The van der Waals surface area contributed by atoms with Gasteiger partial charge in [0.15, 0.2) is 0 Å². The van der Waals surface area contributed by atoms with Crippen LogP contribution in [-0.4, -0.2) is 64.3 Å². The van der Waals surface area contributed by atoms with E-state index in [1.807, 2.05) is 24.3 Å². The molecule has 0 aliphatic carbocycles. The summed E-state index contributed by atoms with van der Waals surface area (Å²) in [6.45, 7) is 4.42. The Morgan fingerprint density at radius 2 is 2.19 bits per heavy atom. The van der Waals surface area contributed by atoms with Gasteiger partial charge in [-0.3, -0.25) is 4.79 Å². The summed E-state index contributed by atoms with van der Waals surface area (Å²) in [4.78, 5) is 12.9. The molecule has 7 nitrogen and oxygen atoms in total. The van der Waals surface area contributed by atoms with Gasteiger partial charge in [-0.25, -0.2) is 12.7 Å². The zero-order valence-corrected chi connectivity index (χ0v) is 16.8. The maximum absolute atomic E-state index is 12.9. The first kappa shape index (κ1) is 20.1. The van der Waals surface area contributed by atoms with Crippen LogP contribution in [0.5, 0.6) is 5.75 Å². The number of sulfonamides is 1. The predicted molar refractivity (Wildman–Crippen MR) is 102 cm³/mol. The molecule has 27 heavy (non-hydrogen) atoms. The van der Waals surface area contributed by atoms with Crippen molar-refractivity contribution in [2.24, 2.45) is 11.3 Å². The summed E-state index contributed by atoms with van der Waals surface area (Å²) in [6, 6.07) is 7.83. The van der Waals surface area contributed by atoms with Crippen LogP contribution in [0.4, 0.5) is 0 Å². The SMILES string of the molecule is CCCOc1ccccc1CCNC(=O)[C@]12COC[C@H]1CN(S(C)(=O)=O)C2. The number of carbonyl (C=O) groups is 1. The molecular weight excluding hydrogens is 368 g/mol. The van der Waals surface area contributed by atoms with Crippen LogP contribution in [0.3, 0.4) is 0 Å². The Hall–Kier alpha value is -1.64. The number of nitrogens with one attached hydrogen (secondary N) is 1. The Labute approximate surface area is 161 Å². The van der Waals surface area contributed by atoms with Crippen molar-refractivity contribution < 1.29 is 22.7 Å². The number of hydrogen-bond donors (Lipinski definition) is 1. The molecule has 0 spiro atoms. The first-order valence-corrected chi connectivity index (χ1v) is 11.2. The molecule has 0 radical (unpaired) electrons. The molecule has 1 aromatic rings. The summed E-state index contributed by atoms with van der Waals surface area (Å²) in [5.74, 6) is 0.633. The second kappa shape index (κ2) is 8.16. The molecule has 0 saturated carbocycles. The Morgan fingerprint density at radius 1 is 1.41 bits per heavy atom. The van der Waals surface area contributed by atoms with Crippen LogP contribution >= 0.6 is 0 Å². The molecule has 0 unspecified atom stereocenters. The van der Waals surface area contributed by atoms with Crippen LogP contribution in [-0.2, 0) is 26.0 Å². The van der Waals surface area contributed by atoms with Crippen molar-refractivity contribution in [2.75, 3.05) is 45.7 Å². The van der Waals surface area contributed by atoms with Crippen LogP contribution in [0.15, 0.2) is 24.3 Å². The molecular formula is C19H28N2O5S. The second-order valence-electron chi connectivity index (χ2n) is 7.39. The van der Waals surface area contributed by atoms with E-state index in [2.05, 4.69) is 12.2 Å². The van der Waals surface area contributed by atoms with Gasteiger partial charge in [0.25, 0.3) is 0 Å². The zero-order chi connectivity index (χ0) is 19.5. The minimum atomic E-state index is -3.31. The number of carbonyl (C=O) groups excluding carboxylic acids is 1. The van der Waals surface area contributed by atoms with E-state index >= 15 is 0 Å². The van der Waals surface area contributed by atoms with E-state index in [0.717, 1.165) is 17.7 Å². The van der Waals surface area contributed by atoms with Crippen LogP contribution in [0.1, 0.15) is 18.9 Å². The van der Waals surface area contributed by atoms with Gasteiger partial charge in [-0.05, 0) is 24.5 Å². The number of benzene rings is 1. The van der Waals surface area contributed by atoms with Gasteiger partial charge >= 0.3 is 0 Å². The van der Waals surface area contributed by atoms with Gasteiger partial charge < -0.3 is 14.8 Å². The normalized spacial score (nSPS) is 25.3. The summed E-state index contributed by atoms with van der Waals surface area (Å²) >= 11 is 0. The van der Waals surface area contributed by atoms with E-state index in [1.54, 1.807) is 0 Å². The fourth-order valence-corrected chi connectivity index (χ4v) is 4.73. The van der Waals surface area contributed by atoms with Crippen LogP contribution < -0.4 is 10.1 Å². The second-order valence-corrected chi connectivity index (χ2v) is 9.37. The lowest BCUT2D eigenvalue weighted by molar-refractivity contribution is -0.131. The lowest BCUT2D eigenvalue weighted by Gasteiger charge is -2.25. The highest BCUT2D eigenvalue weighted by Crippen LogP contribution is 2.42. The molecule has 0 aromatic heterocycles. The van der Waals surface area contributed by atoms with E-state index in [4.69, 9.17) is 9.47 Å². The highest BCUT2D eigenvalue weighted by molar-refractivity contribution is 7.88. The Kier molecular flexibility index (Phi) is 6.08. The lowest BCUT2D eigenvalue weighted by Crippen LogP contribution is -2.47. The monoisotopic (exact) mass is 396 g/mol. The van der Waals surface area contributed by atoms with Gasteiger partial charge in [0, 0.05) is 25.6 Å². The highest BCUT2D eigenvalue weighted by atomic mass is 32.2. The number of ether oxygens (including phenoxy) is 2. The average Bonchev–Trinajstić information content (AvgIpc) is 3.19. The largest absolute Gasteiger partial charge is 0.493 e. The summed E-state index contributed by atoms with van der Waals surface area (Å²) in [6.07, 6.45) is 2.78. The maximum Gasteiger partial charge on any atom is 0.230 e. The summed E-state index contributed by atoms with van der Waals surface area (Å²) in [5.41, 5.74) is 0.272. The number of hydrogen-bond acceptors (Lipinski definition) is 5. The fourth-order valence-electron chi connectivity index (χ4n) is 3.81. The molecule has 8 heteroatoms. The third-order valence-electron chi connectivity index (χ3n) is 5.38. The average molecular weight is 397 g/mol. The number of para-hydroxylation sites is 1. The Bertz CT molecular complexity index is 782. The van der Waals surface area contributed by atoms with Crippen molar-refractivity contribution in [3.63, 3.8) is 0 Å². The molecule has 2 saturated heterocycles. The van der Waals surface area contributed by atoms with Gasteiger partial charge in [0.2, 0.25) is 15.9 Å². The van der Waals surface area contributed by atoms with E-state index in [-0.39, 0.29) is 25.0 Å². The summed E-state index contributed by atoms with van der Waals surface area (Å²) < 4.78 is 36.5. The van der Waals surface area contributed by atoms with Crippen LogP contribution in [0, 0.1) is 11.3 Å².